The monoisotopic (exact) mass is 608 g/mol. The Labute approximate surface area is 239 Å². The molecule has 37 heavy (non-hydrogen) atoms. The summed E-state index contributed by atoms with van der Waals surface area (Å²) in [5, 5.41) is 7.25. The number of aryl methyl sites for hydroxylation is 3. The van der Waals surface area contributed by atoms with Gasteiger partial charge in [-0.2, -0.15) is 0 Å². The molecule has 0 amide bonds. The summed E-state index contributed by atoms with van der Waals surface area (Å²) in [5.41, 5.74) is 3.75. The molecule has 0 bridgehead atoms. The molecule has 3 aromatic carbocycles. The molecule has 0 aliphatic heterocycles. The number of anilines is 2. The van der Waals surface area contributed by atoms with E-state index in [0.717, 1.165) is 27.1 Å². The Balaban J connectivity index is 1.41. The second-order valence-electron chi connectivity index (χ2n) is 8.87. The molecule has 0 saturated carbocycles. The fraction of sp³-hybridized carbons (Fsp3) is 0.185. The van der Waals surface area contributed by atoms with Gasteiger partial charge in [-0.15, -0.1) is 22.7 Å². The van der Waals surface area contributed by atoms with E-state index in [-0.39, 0.29) is 4.21 Å². The zero-order chi connectivity index (χ0) is 26.5. The number of rotatable bonds is 7. The number of fused-ring (bicyclic) bond motifs is 2. The molecule has 4 nitrogen and oxygen atoms in total. The highest BCUT2D eigenvalue weighted by Crippen LogP contribution is 2.38. The third-order valence-corrected chi connectivity index (χ3v) is 11.8. The Bertz CT molecular complexity index is 1780. The molecule has 0 saturated heterocycles. The van der Waals surface area contributed by atoms with Crippen LogP contribution in [-0.2, 0) is 16.4 Å². The highest BCUT2D eigenvalue weighted by Gasteiger charge is 2.23. The van der Waals surface area contributed by atoms with Gasteiger partial charge in [0.05, 0.1) is 11.4 Å². The van der Waals surface area contributed by atoms with Gasteiger partial charge in [0, 0.05) is 35.9 Å². The van der Waals surface area contributed by atoms with E-state index in [1.165, 1.54) is 31.9 Å². The summed E-state index contributed by atoms with van der Waals surface area (Å²) in [7, 11) is -3.84. The Morgan fingerprint density at radius 3 is 2.08 bits per heavy atom. The van der Waals surface area contributed by atoms with Crippen molar-refractivity contribution in [1.29, 1.82) is 0 Å². The van der Waals surface area contributed by atoms with E-state index in [4.69, 9.17) is 34.8 Å². The zero-order valence-electron chi connectivity index (χ0n) is 20.2. The maximum absolute atomic E-state index is 13.5. The van der Waals surface area contributed by atoms with Crippen molar-refractivity contribution in [2.75, 3.05) is 16.6 Å². The highest BCUT2D eigenvalue weighted by molar-refractivity contribution is 7.95. The van der Waals surface area contributed by atoms with Gasteiger partial charge in [0.15, 0.2) is 0 Å². The molecule has 0 aliphatic carbocycles. The van der Waals surface area contributed by atoms with Crippen molar-refractivity contribution in [3.05, 3.63) is 85.2 Å². The van der Waals surface area contributed by atoms with Crippen molar-refractivity contribution >= 4 is 99.0 Å². The first-order valence-corrected chi connectivity index (χ1v) is 15.7. The average molecular weight is 610 g/mol. The van der Waals surface area contributed by atoms with Crippen LogP contribution in [-0.4, -0.2) is 15.0 Å². The SMILES string of the molecule is Cc1cc(NS(=O)(=O)c2sc3ccc(Cl)cc3c2C)c(NCCc2sc3ccc(Cl)cc3c2C)cc1Cl. The number of benzene rings is 3. The number of nitrogens with one attached hydrogen (secondary N) is 2. The average Bonchev–Trinajstić information content (AvgIpc) is 3.34. The smallest absolute Gasteiger partial charge is 0.271 e. The summed E-state index contributed by atoms with van der Waals surface area (Å²) >= 11 is 21.7. The van der Waals surface area contributed by atoms with Gasteiger partial charge in [0.25, 0.3) is 10.0 Å². The van der Waals surface area contributed by atoms with Crippen molar-refractivity contribution in [1.82, 2.24) is 0 Å². The minimum atomic E-state index is -3.84. The van der Waals surface area contributed by atoms with Crippen LogP contribution >= 0.6 is 57.5 Å². The Kier molecular flexibility index (Phi) is 7.39. The lowest BCUT2D eigenvalue weighted by Crippen LogP contribution is -2.15. The second kappa shape index (κ2) is 10.3. The molecule has 5 aromatic rings. The number of thiophene rings is 2. The van der Waals surface area contributed by atoms with E-state index in [9.17, 15) is 8.42 Å². The maximum Gasteiger partial charge on any atom is 0.271 e. The lowest BCUT2D eigenvalue weighted by atomic mass is 10.1. The van der Waals surface area contributed by atoms with Crippen LogP contribution in [0.3, 0.4) is 0 Å². The molecule has 0 fully saturated rings. The molecule has 2 heterocycles. The molecule has 0 atom stereocenters. The number of sulfonamides is 1. The fourth-order valence-corrected chi connectivity index (χ4v) is 8.84. The van der Waals surface area contributed by atoms with Gasteiger partial charge in [-0.05, 0) is 103 Å². The first-order chi connectivity index (χ1) is 17.5. The molecule has 0 radical (unpaired) electrons. The Hall–Kier alpha value is -2.00. The van der Waals surface area contributed by atoms with Gasteiger partial charge >= 0.3 is 0 Å². The van der Waals surface area contributed by atoms with Crippen LogP contribution in [0.15, 0.2) is 52.7 Å². The first kappa shape index (κ1) is 26.6. The van der Waals surface area contributed by atoms with E-state index in [1.807, 2.05) is 31.2 Å². The molecular weight excluding hydrogens is 587 g/mol. The largest absolute Gasteiger partial charge is 0.383 e. The highest BCUT2D eigenvalue weighted by atomic mass is 35.5. The molecule has 2 N–H and O–H groups in total. The normalized spacial score (nSPS) is 11.9. The summed E-state index contributed by atoms with van der Waals surface area (Å²) in [5.74, 6) is 0. The molecule has 0 aliphatic rings. The van der Waals surface area contributed by atoms with Crippen LogP contribution in [0.5, 0.6) is 0 Å². The van der Waals surface area contributed by atoms with Crippen LogP contribution in [0.25, 0.3) is 20.2 Å². The van der Waals surface area contributed by atoms with E-state index >= 15 is 0 Å². The van der Waals surface area contributed by atoms with E-state index in [0.29, 0.717) is 33.5 Å². The molecular formula is C27H23Cl3N2O2S3. The topological polar surface area (TPSA) is 58.2 Å². The predicted molar refractivity (Wildman–Crippen MR) is 162 cm³/mol. The van der Waals surface area contributed by atoms with Crippen LogP contribution < -0.4 is 10.0 Å². The van der Waals surface area contributed by atoms with E-state index in [2.05, 4.69) is 17.0 Å². The lowest BCUT2D eigenvalue weighted by Gasteiger charge is -2.16. The van der Waals surface area contributed by atoms with Crippen LogP contribution in [0.1, 0.15) is 21.6 Å². The molecule has 0 spiro atoms. The van der Waals surface area contributed by atoms with Gasteiger partial charge in [-0.1, -0.05) is 34.8 Å². The third-order valence-electron chi connectivity index (χ3n) is 6.31. The molecule has 0 unspecified atom stereocenters. The fourth-order valence-electron chi connectivity index (χ4n) is 4.32. The Morgan fingerprint density at radius 1 is 0.784 bits per heavy atom. The number of hydrogen-bond acceptors (Lipinski definition) is 5. The second-order valence-corrected chi connectivity index (χ2v) is 14.2. The summed E-state index contributed by atoms with van der Waals surface area (Å²) in [6, 6.07) is 14.9. The predicted octanol–water partition coefficient (Wildman–Crippen LogP) is 9.46. The first-order valence-electron chi connectivity index (χ1n) is 11.5. The number of hydrogen-bond donors (Lipinski definition) is 2. The van der Waals surface area contributed by atoms with Gasteiger partial charge in [-0.3, -0.25) is 4.72 Å². The van der Waals surface area contributed by atoms with Crippen molar-refractivity contribution in [2.45, 2.75) is 31.4 Å². The van der Waals surface area contributed by atoms with Crippen LogP contribution in [0.4, 0.5) is 11.4 Å². The minimum absolute atomic E-state index is 0.267. The molecule has 192 valence electrons. The summed E-state index contributed by atoms with van der Waals surface area (Å²) in [6.07, 6.45) is 0.774. The van der Waals surface area contributed by atoms with E-state index in [1.54, 1.807) is 42.5 Å². The maximum atomic E-state index is 13.5. The molecule has 5 rings (SSSR count). The van der Waals surface area contributed by atoms with Gasteiger partial charge in [-0.25, -0.2) is 8.42 Å². The summed E-state index contributed by atoms with van der Waals surface area (Å²) in [6.45, 7) is 6.36. The van der Waals surface area contributed by atoms with Crippen molar-refractivity contribution in [3.63, 3.8) is 0 Å². The Morgan fingerprint density at radius 2 is 1.41 bits per heavy atom. The van der Waals surface area contributed by atoms with E-state index < -0.39 is 10.0 Å². The summed E-state index contributed by atoms with van der Waals surface area (Å²) in [4.78, 5) is 1.25. The number of halogens is 3. The standard InChI is InChI=1S/C27H23Cl3N2O2S3/c1-14-10-23(32-37(33,34)27-16(3)20-12-18(29)5-7-26(20)36-27)22(13-21(14)30)31-9-8-24-15(2)19-11-17(28)4-6-25(19)35-24/h4-7,10-13,31-32H,8-9H2,1-3H3. The van der Waals surface area contributed by atoms with Crippen molar-refractivity contribution in [2.24, 2.45) is 0 Å². The molecule has 10 heteroatoms. The quantitative estimate of drug-likeness (QED) is 0.193. The van der Waals surface area contributed by atoms with Gasteiger partial charge < -0.3 is 5.32 Å². The molecule has 2 aromatic heterocycles. The zero-order valence-corrected chi connectivity index (χ0v) is 24.9. The summed E-state index contributed by atoms with van der Waals surface area (Å²) < 4.78 is 32.1. The minimum Gasteiger partial charge on any atom is -0.383 e. The van der Waals surface area contributed by atoms with Gasteiger partial charge in [0.2, 0.25) is 0 Å². The third kappa shape index (κ3) is 5.31. The van der Waals surface area contributed by atoms with Crippen molar-refractivity contribution < 1.29 is 8.42 Å². The van der Waals surface area contributed by atoms with Crippen LogP contribution in [0.2, 0.25) is 15.1 Å². The van der Waals surface area contributed by atoms with Gasteiger partial charge in [0.1, 0.15) is 4.21 Å². The lowest BCUT2D eigenvalue weighted by molar-refractivity contribution is 0.603. The van der Waals surface area contributed by atoms with Crippen LogP contribution in [0, 0.1) is 20.8 Å². The van der Waals surface area contributed by atoms with Crippen molar-refractivity contribution in [3.8, 4) is 0 Å².